The third-order valence-electron chi connectivity index (χ3n) is 4.78. The maximum Gasteiger partial charge on any atom is 0.0700 e. The maximum absolute atomic E-state index is 5.67. The average molecular weight is 491 g/mol. The largest absolute Gasteiger partial charge is 0.378 e. The highest BCUT2D eigenvalue weighted by Gasteiger charge is 2.12. The van der Waals surface area contributed by atoms with Gasteiger partial charge in [0.1, 0.15) is 0 Å². The van der Waals surface area contributed by atoms with Crippen molar-refractivity contribution in [2.45, 2.75) is 23.0 Å². The molecule has 1 aromatic carbocycles. The molecule has 0 N–H and O–H groups in total. The van der Waals surface area contributed by atoms with Crippen molar-refractivity contribution in [3.8, 4) is 0 Å². The van der Waals surface area contributed by atoms with E-state index >= 15 is 0 Å². The van der Waals surface area contributed by atoms with Gasteiger partial charge in [0, 0.05) is 46.0 Å². The van der Waals surface area contributed by atoms with Gasteiger partial charge in [-0.2, -0.15) is 47.0 Å². The van der Waals surface area contributed by atoms with E-state index in [9.17, 15) is 0 Å². The molecule has 0 amide bonds. The second-order valence-corrected chi connectivity index (χ2v) is 11.5. The summed E-state index contributed by atoms with van der Waals surface area (Å²) in [5.41, 5.74) is 5.98. The van der Waals surface area contributed by atoms with Gasteiger partial charge in [-0.25, -0.2) is 0 Å². The van der Waals surface area contributed by atoms with Crippen LogP contribution >= 0.6 is 47.0 Å². The normalized spacial score (nSPS) is 22.1. The summed E-state index contributed by atoms with van der Waals surface area (Å²) < 4.78 is 22.7. The highest BCUT2D eigenvalue weighted by Crippen LogP contribution is 2.29. The van der Waals surface area contributed by atoms with E-state index in [1.807, 2.05) is 47.0 Å². The lowest BCUT2D eigenvalue weighted by molar-refractivity contribution is 0.0605. The number of benzene rings is 1. The van der Waals surface area contributed by atoms with Gasteiger partial charge in [-0.3, -0.25) is 0 Å². The monoisotopic (exact) mass is 490 g/mol. The molecule has 0 saturated carbocycles. The molecule has 2 aliphatic rings. The molecule has 170 valence electrons. The molecule has 3 rings (SSSR count). The first kappa shape index (κ1) is 25.1. The van der Waals surface area contributed by atoms with Gasteiger partial charge in [-0.05, 0) is 22.3 Å². The Morgan fingerprint density at radius 2 is 0.667 bits per heavy atom. The predicted octanol–water partition coefficient (Wildman–Crippen LogP) is 4.71. The molecule has 4 nitrogen and oxygen atoms in total. The van der Waals surface area contributed by atoms with Gasteiger partial charge in [-0.1, -0.05) is 12.1 Å². The summed E-state index contributed by atoms with van der Waals surface area (Å²) in [6, 6.07) is 4.97. The Kier molecular flexibility index (Phi) is 13.5. The molecule has 0 spiro atoms. The van der Waals surface area contributed by atoms with Gasteiger partial charge in [0.2, 0.25) is 0 Å². The lowest BCUT2D eigenvalue weighted by Gasteiger charge is -2.18. The fourth-order valence-corrected chi connectivity index (χ4v) is 6.65. The molecule has 0 aromatic heterocycles. The lowest BCUT2D eigenvalue weighted by Crippen LogP contribution is -2.10. The van der Waals surface area contributed by atoms with Gasteiger partial charge in [0.25, 0.3) is 0 Å². The van der Waals surface area contributed by atoms with Crippen LogP contribution in [0.25, 0.3) is 0 Å². The third kappa shape index (κ3) is 9.94. The number of fused-ring (bicyclic) bond motifs is 2. The Labute approximate surface area is 198 Å². The minimum absolute atomic E-state index is 0.707. The number of rotatable bonds is 0. The molecule has 0 aliphatic carbocycles. The molecular weight excluding hydrogens is 457 g/mol. The van der Waals surface area contributed by atoms with Crippen LogP contribution in [0.2, 0.25) is 0 Å². The van der Waals surface area contributed by atoms with Crippen LogP contribution < -0.4 is 0 Å². The van der Waals surface area contributed by atoms with E-state index < -0.39 is 0 Å². The highest BCUT2D eigenvalue weighted by atomic mass is 32.2. The first-order chi connectivity index (χ1) is 14.9. The second-order valence-electron chi connectivity index (χ2n) is 7.05. The van der Waals surface area contributed by atoms with E-state index in [2.05, 4.69) is 12.1 Å². The van der Waals surface area contributed by atoms with E-state index in [-0.39, 0.29) is 0 Å². The van der Waals surface area contributed by atoms with Gasteiger partial charge in [-0.15, -0.1) is 0 Å². The maximum atomic E-state index is 5.67. The molecule has 2 aliphatic heterocycles. The van der Waals surface area contributed by atoms with Gasteiger partial charge in [0.15, 0.2) is 0 Å². The lowest BCUT2D eigenvalue weighted by atomic mass is 10.0. The average Bonchev–Trinajstić information content (AvgIpc) is 2.76. The Morgan fingerprint density at radius 1 is 0.400 bits per heavy atom. The van der Waals surface area contributed by atoms with Crippen LogP contribution in [0.15, 0.2) is 12.1 Å². The van der Waals surface area contributed by atoms with Crippen LogP contribution in [0, 0.1) is 0 Å². The summed E-state index contributed by atoms with van der Waals surface area (Å²) in [5.74, 6) is 8.40. The van der Waals surface area contributed by atoms with Crippen LogP contribution in [0.1, 0.15) is 22.3 Å². The third-order valence-corrected chi connectivity index (χ3v) is 8.67. The zero-order valence-electron chi connectivity index (χ0n) is 17.7. The van der Waals surface area contributed by atoms with Crippen molar-refractivity contribution >= 4 is 47.0 Å². The zero-order valence-corrected chi connectivity index (χ0v) is 21.0. The Hall–Kier alpha value is 0.460. The summed E-state index contributed by atoms with van der Waals surface area (Å²) in [6.45, 7) is 6.04. The Balaban J connectivity index is 1.71. The second kappa shape index (κ2) is 16.1. The highest BCUT2D eigenvalue weighted by molar-refractivity contribution is 7.99. The van der Waals surface area contributed by atoms with E-state index in [0.29, 0.717) is 26.4 Å². The van der Waals surface area contributed by atoms with Crippen LogP contribution in [0.3, 0.4) is 0 Å². The molecule has 0 bridgehead atoms. The summed E-state index contributed by atoms with van der Waals surface area (Å²) >= 11 is 7.91. The SMILES string of the molecule is c1c2c(cc3c1CSCCOCCOCCSC3)CSCCOCCOCCSC2. The summed E-state index contributed by atoms with van der Waals surface area (Å²) in [5, 5.41) is 0. The van der Waals surface area contributed by atoms with Crippen molar-refractivity contribution in [2.75, 3.05) is 75.9 Å². The molecule has 8 heteroatoms. The molecule has 1 aromatic rings. The van der Waals surface area contributed by atoms with Gasteiger partial charge < -0.3 is 18.9 Å². The first-order valence-corrected chi connectivity index (χ1v) is 15.3. The number of hydrogen-bond acceptors (Lipinski definition) is 8. The smallest absolute Gasteiger partial charge is 0.0700 e. The van der Waals surface area contributed by atoms with Crippen LogP contribution in [-0.2, 0) is 42.0 Å². The number of thioether (sulfide) groups is 4. The molecule has 30 heavy (non-hydrogen) atoms. The van der Waals surface area contributed by atoms with Gasteiger partial charge in [0.05, 0.1) is 52.9 Å². The minimum atomic E-state index is 0.707. The fraction of sp³-hybridized carbons (Fsp3) is 0.727. The molecule has 0 radical (unpaired) electrons. The number of hydrogen-bond donors (Lipinski definition) is 0. The minimum Gasteiger partial charge on any atom is -0.378 e. The summed E-state index contributed by atoms with van der Waals surface area (Å²) in [4.78, 5) is 0. The van der Waals surface area contributed by atoms with E-state index in [1.165, 1.54) is 22.3 Å². The van der Waals surface area contributed by atoms with Crippen LogP contribution in [0.5, 0.6) is 0 Å². The first-order valence-electron chi connectivity index (χ1n) is 10.7. The zero-order chi connectivity index (χ0) is 20.7. The molecule has 0 fully saturated rings. The van der Waals surface area contributed by atoms with Crippen molar-refractivity contribution in [3.63, 3.8) is 0 Å². The van der Waals surface area contributed by atoms with Crippen molar-refractivity contribution in [2.24, 2.45) is 0 Å². The Bertz CT molecular complexity index is 504. The van der Waals surface area contributed by atoms with Crippen molar-refractivity contribution in [1.29, 1.82) is 0 Å². The standard InChI is InChI=1S/C22H34O4S4/c1-2-24-6-10-28-16-20-14-22-18-30-12-8-26-4-3-25-7-11-29-17-21(22)13-19(20)15-27-9-5-23-1/h13-14H,1-12,15-18H2. The fourth-order valence-electron chi connectivity index (χ4n) is 3.17. The van der Waals surface area contributed by atoms with Crippen molar-refractivity contribution in [3.05, 3.63) is 34.4 Å². The molecule has 0 saturated heterocycles. The van der Waals surface area contributed by atoms with E-state index in [1.54, 1.807) is 0 Å². The van der Waals surface area contributed by atoms with Crippen molar-refractivity contribution < 1.29 is 18.9 Å². The molecule has 0 atom stereocenters. The van der Waals surface area contributed by atoms with Crippen molar-refractivity contribution in [1.82, 2.24) is 0 Å². The number of ether oxygens (including phenoxy) is 4. The summed E-state index contributed by atoms with van der Waals surface area (Å²) in [6.07, 6.45) is 0. The van der Waals surface area contributed by atoms with Gasteiger partial charge >= 0.3 is 0 Å². The van der Waals surface area contributed by atoms with Crippen LogP contribution in [0.4, 0.5) is 0 Å². The quantitative estimate of drug-likeness (QED) is 0.517. The Morgan fingerprint density at radius 3 is 0.933 bits per heavy atom. The molecule has 2 heterocycles. The summed E-state index contributed by atoms with van der Waals surface area (Å²) in [7, 11) is 0. The van der Waals surface area contributed by atoms with E-state index in [0.717, 1.165) is 72.5 Å². The van der Waals surface area contributed by atoms with Crippen LogP contribution in [-0.4, -0.2) is 75.9 Å². The topological polar surface area (TPSA) is 36.9 Å². The molecular formula is C22H34O4S4. The molecule has 0 unspecified atom stereocenters. The van der Waals surface area contributed by atoms with E-state index in [4.69, 9.17) is 18.9 Å². The predicted molar refractivity (Wildman–Crippen MR) is 134 cm³/mol.